The van der Waals surface area contributed by atoms with E-state index >= 15 is 0 Å². The van der Waals surface area contributed by atoms with Crippen molar-refractivity contribution in [3.63, 3.8) is 0 Å². The van der Waals surface area contributed by atoms with E-state index in [0.29, 0.717) is 31.3 Å². The number of aliphatic hydroxyl groups is 1. The molecule has 1 saturated heterocycles. The maximum absolute atomic E-state index is 12.5. The second-order valence-corrected chi connectivity index (χ2v) is 7.57. The topological polar surface area (TPSA) is 99.1 Å². The van der Waals surface area contributed by atoms with Crippen LogP contribution in [0.4, 0.5) is 0 Å². The third kappa shape index (κ3) is 6.03. The maximum atomic E-state index is 12.5. The molecular formula is C22H30O7. The van der Waals surface area contributed by atoms with Gasteiger partial charge in [-0.2, -0.15) is 0 Å². The van der Waals surface area contributed by atoms with Gasteiger partial charge in [0.25, 0.3) is 0 Å². The number of hydrogen-bond donors (Lipinski definition) is 1. The van der Waals surface area contributed by atoms with Crippen molar-refractivity contribution in [3.8, 4) is 0 Å². The standard InChI is InChI=1S/C22H30O7/c1-5-13(2)21(25)28-18-9-16(11-23)7-6-8-17(12-27-15(4)24)10-19-20(18)14(3)22(26)29-19/h8-9,13,18-20,23H,3,5-7,10-12H2,1-2,4H3/b16-9-,17-8-/t13-,18-,19+,20+/m1/s1. The van der Waals surface area contributed by atoms with E-state index < -0.39 is 30.1 Å². The minimum atomic E-state index is -0.768. The van der Waals surface area contributed by atoms with Crippen molar-refractivity contribution >= 4 is 17.9 Å². The summed E-state index contributed by atoms with van der Waals surface area (Å²) in [4.78, 5) is 35.9. The van der Waals surface area contributed by atoms with Gasteiger partial charge in [0.05, 0.1) is 18.4 Å². The molecule has 1 aliphatic carbocycles. The molecule has 1 fully saturated rings. The average Bonchev–Trinajstić information content (AvgIpc) is 2.96. The minimum Gasteiger partial charge on any atom is -0.461 e. The van der Waals surface area contributed by atoms with Crippen LogP contribution in [-0.2, 0) is 28.6 Å². The SMILES string of the molecule is C=C1C(=O)O[C@H]2C/C(COC(C)=O)=C/CC/C(CO)=C/[C@@H](OC(=O)[C@H](C)CC)[C@H]12. The Balaban J connectivity index is 2.37. The van der Waals surface area contributed by atoms with E-state index in [-0.39, 0.29) is 30.7 Å². The molecule has 0 amide bonds. The number of ether oxygens (including phenoxy) is 3. The van der Waals surface area contributed by atoms with Crippen molar-refractivity contribution < 1.29 is 33.7 Å². The molecule has 7 heteroatoms. The molecule has 0 unspecified atom stereocenters. The smallest absolute Gasteiger partial charge is 0.334 e. The van der Waals surface area contributed by atoms with Crippen LogP contribution >= 0.6 is 0 Å². The predicted molar refractivity (Wildman–Crippen MR) is 106 cm³/mol. The van der Waals surface area contributed by atoms with Gasteiger partial charge in [-0.05, 0) is 36.5 Å². The van der Waals surface area contributed by atoms with Crippen molar-refractivity contribution in [2.24, 2.45) is 11.8 Å². The molecule has 160 valence electrons. The zero-order valence-electron chi connectivity index (χ0n) is 17.3. The van der Waals surface area contributed by atoms with E-state index in [1.165, 1.54) is 6.92 Å². The van der Waals surface area contributed by atoms with Crippen molar-refractivity contribution in [2.45, 2.75) is 58.7 Å². The zero-order valence-corrected chi connectivity index (χ0v) is 17.3. The molecule has 1 N–H and O–H groups in total. The van der Waals surface area contributed by atoms with Gasteiger partial charge in [-0.3, -0.25) is 9.59 Å². The Morgan fingerprint density at radius 3 is 2.72 bits per heavy atom. The van der Waals surface area contributed by atoms with Crippen LogP contribution in [0.15, 0.2) is 35.5 Å². The van der Waals surface area contributed by atoms with Crippen LogP contribution in [0.2, 0.25) is 0 Å². The first-order valence-electron chi connectivity index (χ1n) is 9.98. The number of hydrogen-bond acceptors (Lipinski definition) is 7. The quantitative estimate of drug-likeness (QED) is 0.313. The first-order chi connectivity index (χ1) is 13.8. The zero-order chi connectivity index (χ0) is 21.6. The van der Waals surface area contributed by atoms with Crippen LogP contribution in [0, 0.1) is 11.8 Å². The summed E-state index contributed by atoms with van der Waals surface area (Å²) in [6.07, 6.45) is 4.43. The summed E-state index contributed by atoms with van der Waals surface area (Å²) >= 11 is 0. The number of carbonyl (C=O) groups excluding carboxylic acids is 3. The predicted octanol–water partition coefficient (Wildman–Crippen LogP) is 2.63. The van der Waals surface area contributed by atoms with Crippen LogP contribution in [-0.4, -0.2) is 48.4 Å². The number of esters is 3. The second-order valence-electron chi connectivity index (χ2n) is 7.57. The molecule has 1 aliphatic heterocycles. The summed E-state index contributed by atoms with van der Waals surface area (Å²) in [5.74, 6) is -2.17. The summed E-state index contributed by atoms with van der Waals surface area (Å²) in [6.45, 7) is 8.76. The number of carbonyl (C=O) groups is 3. The highest BCUT2D eigenvalue weighted by molar-refractivity contribution is 5.91. The van der Waals surface area contributed by atoms with E-state index in [4.69, 9.17) is 14.2 Å². The van der Waals surface area contributed by atoms with Gasteiger partial charge in [-0.25, -0.2) is 4.79 Å². The minimum absolute atomic E-state index is 0.0953. The number of fused-ring (bicyclic) bond motifs is 1. The Morgan fingerprint density at radius 2 is 2.10 bits per heavy atom. The van der Waals surface area contributed by atoms with Crippen molar-refractivity contribution in [3.05, 3.63) is 35.5 Å². The molecule has 1 heterocycles. The van der Waals surface area contributed by atoms with Crippen LogP contribution in [0.3, 0.4) is 0 Å². The van der Waals surface area contributed by atoms with Crippen LogP contribution in [0.25, 0.3) is 0 Å². The van der Waals surface area contributed by atoms with Crippen molar-refractivity contribution in [1.82, 2.24) is 0 Å². The summed E-state index contributed by atoms with van der Waals surface area (Å²) in [5, 5.41) is 9.76. The molecule has 0 aromatic heterocycles. The molecular weight excluding hydrogens is 376 g/mol. The summed E-state index contributed by atoms with van der Waals surface area (Å²) < 4.78 is 16.4. The van der Waals surface area contributed by atoms with E-state index in [9.17, 15) is 19.5 Å². The largest absolute Gasteiger partial charge is 0.461 e. The first-order valence-corrected chi connectivity index (χ1v) is 9.98. The molecule has 29 heavy (non-hydrogen) atoms. The lowest BCUT2D eigenvalue weighted by Gasteiger charge is -2.28. The summed E-state index contributed by atoms with van der Waals surface area (Å²) in [7, 11) is 0. The van der Waals surface area contributed by atoms with E-state index in [2.05, 4.69) is 6.58 Å². The molecule has 0 radical (unpaired) electrons. The Morgan fingerprint density at radius 1 is 1.38 bits per heavy atom. The van der Waals surface area contributed by atoms with Crippen molar-refractivity contribution in [2.75, 3.05) is 13.2 Å². The van der Waals surface area contributed by atoms with Gasteiger partial charge in [0.1, 0.15) is 18.8 Å². The third-order valence-electron chi connectivity index (χ3n) is 5.37. The van der Waals surface area contributed by atoms with Gasteiger partial charge in [-0.1, -0.05) is 26.5 Å². The highest BCUT2D eigenvalue weighted by Crippen LogP contribution is 2.37. The fourth-order valence-electron chi connectivity index (χ4n) is 3.42. The van der Waals surface area contributed by atoms with Crippen molar-refractivity contribution in [1.29, 1.82) is 0 Å². The lowest BCUT2D eigenvalue weighted by molar-refractivity contribution is -0.154. The van der Waals surface area contributed by atoms with E-state index in [1.54, 1.807) is 13.0 Å². The number of rotatable bonds is 6. The van der Waals surface area contributed by atoms with E-state index in [1.807, 2.05) is 13.0 Å². The Bertz CT molecular complexity index is 719. The lowest BCUT2D eigenvalue weighted by atomic mass is 9.85. The molecule has 2 rings (SSSR count). The van der Waals surface area contributed by atoms with Crippen LogP contribution in [0.5, 0.6) is 0 Å². The summed E-state index contributed by atoms with van der Waals surface area (Å²) in [6, 6.07) is 0. The lowest BCUT2D eigenvalue weighted by Crippen LogP contribution is -2.34. The summed E-state index contributed by atoms with van der Waals surface area (Å²) in [5.41, 5.74) is 1.74. The first kappa shape index (κ1) is 22.9. The monoisotopic (exact) mass is 406 g/mol. The van der Waals surface area contributed by atoms with Gasteiger partial charge >= 0.3 is 17.9 Å². The van der Waals surface area contributed by atoms with Crippen LogP contribution < -0.4 is 0 Å². The third-order valence-corrected chi connectivity index (χ3v) is 5.37. The van der Waals surface area contributed by atoms with Gasteiger partial charge in [0.15, 0.2) is 0 Å². The molecule has 0 bridgehead atoms. The highest BCUT2D eigenvalue weighted by atomic mass is 16.6. The highest BCUT2D eigenvalue weighted by Gasteiger charge is 2.45. The van der Waals surface area contributed by atoms with Gasteiger partial charge in [-0.15, -0.1) is 0 Å². The normalized spacial score (nSPS) is 29.4. The molecule has 4 atom stereocenters. The molecule has 2 aliphatic rings. The van der Waals surface area contributed by atoms with E-state index in [0.717, 1.165) is 5.57 Å². The van der Waals surface area contributed by atoms with Gasteiger partial charge < -0.3 is 19.3 Å². The number of allylic oxidation sites excluding steroid dienone is 1. The second kappa shape index (κ2) is 10.4. The molecule has 0 saturated carbocycles. The average molecular weight is 406 g/mol. The molecule has 0 aromatic carbocycles. The maximum Gasteiger partial charge on any atom is 0.334 e. The fourth-order valence-corrected chi connectivity index (χ4v) is 3.42. The van der Waals surface area contributed by atoms with Gasteiger partial charge in [0.2, 0.25) is 0 Å². The van der Waals surface area contributed by atoms with Gasteiger partial charge in [0, 0.05) is 18.9 Å². The Labute approximate surface area is 171 Å². The molecule has 0 aromatic rings. The van der Waals surface area contributed by atoms with Crippen LogP contribution in [0.1, 0.15) is 46.5 Å². The Hall–Kier alpha value is -2.41. The Kier molecular flexibility index (Phi) is 8.20. The number of aliphatic hydroxyl groups excluding tert-OH is 1. The molecule has 7 nitrogen and oxygen atoms in total. The molecule has 0 spiro atoms. The fraction of sp³-hybridized carbons (Fsp3) is 0.591.